The van der Waals surface area contributed by atoms with Crippen molar-refractivity contribution in [3.8, 4) is 0 Å². The lowest BCUT2D eigenvalue weighted by Gasteiger charge is -2.27. The van der Waals surface area contributed by atoms with Crippen LogP contribution in [0.5, 0.6) is 0 Å². The van der Waals surface area contributed by atoms with E-state index >= 15 is 0 Å². The van der Waals surface area contributed by atoms with Gasteiger partial charge in [-0.15, -0.1) is 11.3 Å². The van der Waals surface area contributed by atoms with E-state index in [1.54, 1.807) is 35.2 Å². The largest absolute Gasteiger partial charge is 0.391 e. The maximum atomic E-state index is 12.9. The molecule has 32 heavy (non-hydrogen) atoms. The number of morpholine rings is 1. The summed E-state index contributed by atoms with van der Waals surface area (Å²) in [5, 5.41) is 14.8. The third kappa shape index (κ3) is 5.26. The lowest BCUT2D eigenvalue weighted by Crippen LogP contribution is -2.42. The fourth-order valence-electron chi connectivity index (χ4n) is 3.71. The van der Waals surface area contributed by atoms with Crippen molar-refractivity contribution in [2.45, 2.75) is 18.6 Å². The number of anilines is 2. The highest BCUT2D eigenvalue weighted by atomic mass is 79.9. The standard InChI is InChI=1S/C22H22BrN3O5S/c23-14-9-18(32-13-14)5-6-20(28)26-11-17(27)10-19(26)22(30)24-15-1-3-16(4-2-15)25-7-8-31-12-21(25)29/h1-6,9,13,17,19,27H,7-8,10-12H2,(H,24,30)/t17-,19-/m1/s1. The Morgan fingerprint density at radius 2 is 2.06 bits per heavy atom. The number of carbonyl (C=O) groups excluding carboxylic acids is 3. The molecule has 10 heteroatoms. The highest BCUT2D eigenvalue weighted by molar-refractivity contribution is 9.10. The van der Waals surface area contributed by atoms with Gasteiger partial charge in [0.25, 0.3) is 5.91 Å². The van der Waals surface area contributed by atoms with Crippen LogP contribution in [0.4, 0.5) is 11.4 Å². The second kappa shape index (κ2) is 9.95. The summed E-state index contributed by atoms with van der Waals surface area (Å²) in [7, 11) is 0. The predicted octanol–water partition coefficient (Wildman–Crippen LogP) is 2.49. The number of nitrogens with one attached hydrogen (secondary N) is 1. The van der Waals surface area contributed by atoms with Gasteiger partial charge in [-0.2, -0.15) is 0 Å². The van der Waals surface area contributed by atoms with E-state index in [0.717, 1.165) is 15.0 Å². The van der Waals surface area contributed by atoms with E-state index in [4.69, 9.17) is 4.74 Å². The number of aliphatic hydroxyl groups is 1. The first kappa shape index (κ1) is 22.7. The maximum absolute atomic E-state index is 12.9. The van der Waals surface area contributed by atoms with E-state index in [0.29, 0.717) is 18.8 Å². The minimum Gasteiger partial charge on any atom is -0.391 e. The van der Waals surface area contributed by atoms with Gasteiger partial charge in [0, 0.05) is 51.7 Å². The van der Waals surface area contributed by atoms with Crippen LogP contribution in [0, 0.1) is 0 Å². The van der Waals surface area contributed by atoms with Crippen molar-refractivity contribution in [2.75, 3.05) is 36.5 Å². The Labute approximate surface area is 197 Å². The molecule has 0 bridgehead atoms. The quantitative estimate of drug-likeness (QED) is 0.591. The van der Waals surface area contributed by atoms with Crippen molar-refractivity contribution in [1.29, 1.82) is 0 Å². The number of hydrogen-bond donors (Lipinski definition) is 2. The van der Waals surface area contributed by atoms with Gasteiger partial charge in [0.05, 0.1) is 12.7 Å². The molecular weight excluding hydrogens is 498 g/mol. The van der Waals surface area contributed by atoms with Crippen LogP contribution in [0.3, 0.4) is 0 Å². The zero-order chi connectivity index (χ0) is 22.7. The molecule has 2 aromatic rings. The zero-order valence-electron chi connectivity index (χ0n) is 17.1. The Kier molecular flexibility index (Phi) is 7.04. The van der Waals surface area contributed by atoms with Crippen LogP contribution in [0.15, 0.2) is 46.3 Å². The van der Waals surface area contributed by atoms with Crippen LogP contribution in [-0.2, 0) is 19.1 Å². The number of carbonyl (C=O) groups is 3. The molecule has 0 spiro atoms. The number of hydrogen-bond acceptors (Lipinski definition) is 6. The molecule has 2 atom stereocenters. The van der Waals surface area contributed by atoms with Crippen LogP contribution in [0.2, 0.25) is 0 Å². The van der Waals surface area contributed by atoms with E-state index < -0.39 is 12.1 Å². The first-order valence-corrected chi connectivity index (χ1v) is 11.8. The summed E-state index contributed by atoms with van der Waals surface area (Å²) in [5.41, 5.74) is 1.28. The summed E-state index contributed by atoms with van der Waals surface area (Å²) in [6.07, 6.45) is 2.54. The van der Waals surface area contributed by atoms with Crippen molar-refractivity contribution < 1.29 is 24.2 Å². The van der Waals surface area contributed by atoms with Gasteiger partial charge in [0.2, 0.25) is 11.8 Å². The Balaban J connectivity index is 1.40. The number of halogens is 1. The van der Waals surface area contributed by atoms with Gasteiger partial charge >= 0.3 is 0 Å². The summed E-state index contributed by atoms with van der Waals surface area (Å²) in [6.45, 7) is 1.13. The summed E-state index contributed by atoms with van der Waals surface area (Å²) in [4.78, 5) is 41.5. The molecule has 3 amide bonds. The number of thiophene rings is 1. The first-order chi connectivity index (χ1) is 15.4. The van der Waals surface area contributed by atoms with E-state index in [1.165, 1.54) is 22.3 Å². The average Bonchev–Trinajstić information content (AvgIpc) is 3.38. The van der Waals surface area contributed by atoms with Gasteiger partial charge in [0.1, 0.15) is 12.6 Å². The van der Waals surface area contributed by atoms with Crippen LogP contribution >= 0.6 is 27.3 Å². The molecule has 0 radical (unpaired) electrons. The highest BCUT2D eigenvalue weighted by Crippen LogP contribution is 2.24. The third-order valence-electron chi connectivity index (χ3n) is 5.27. The Bertz CT molecular complexity index is 1040. The number of likely N-dealkylation sites (tertiary alicyclic amines) is 1. The monoisotopic (exact) mass is 519 g/mol. The SMILES string of the molecule is O=C(Nc1ccc(N2CCOCC2=O)cc1)[C@H]1C[C@@H](O)CN1C(=O)C=Cc1cc(Br)cs1. The fourth-order valence-corrected chi connectivity index (χ4v) is 5.05. The summed E-state index contributed by atoms with van der Waals surface area (Å²) in [6, 6.07) is 8.06. The molecule has 4 rings (SSSR count). The van der Waals surface area contributed by atoms with Crippen molar-refractivity contribution in [3.63, 3.8) is 0 Å². The van der Waals surface area contributed by atoms with Gasteiger partial charge in [-0.05, 0) is 52.3 Å². The molecule has 2 saturated heterocycles. The summed E-state index contributed by atoms with van der Waals surface area (Å²) in [5.74, 6) is -0.796. The van der Waals surface area contributed by atoms with Gasteiger partial charge in [-0.1, -0.05) is 0 Å². The molecular formula is C22H22BrN3O5S. The van der Waals surface area contributed by atoms with E-state index in [9.17, 15) is 19.5 Å². The zero-order valence-corrected chi connectivity index (χ0v) is 19.5. The lowest BCUT2D eigenvalue weighted by atomic mass is 10.1. The van der Waals surface area contributed by atoms with Gasteiger partial charge < -0.3 is 25.0 Å². The first-order valence-electron chi connectivity index (χ1n) is 10.1. The number of β-amino-alcohol motifs (C(OH)–C–C–N with tert-alkyl or cyclic N) is 1. The molecule has 2 aliphatic rings. The predicted molar refractivity (Wildman–Crippen MR) is 125 cm³/mol. The highest BCUT2D eigenvalue weighted by Gasteiger charge is 2.38. The molecule has 3 heterocycles. The van der Waals surface area contributed by atoms with Crippen LogP contribution in [0.25, 0.3) is 6.08 Å². The van der Waals surface area contributed by atoms with E-state index in [2.05, 4.69) is 21.2 Å². The molecule has 0 aliphatic carbocycles. The van der Waals surface area contributed by atoms with Crippen molar-refractivity contribution >= 4 is 62.4 Å². The molecule has 0 unspecified atom stereocenters. The number of amides is 3. The topological polar surface area (TPSA) is 99.2 Å². The molecule has 2 aliphatic heterocycles. The lowest BCUT2D eigenvalue weighted by molar-refractivity contribution is -0.132. The second-order valence-electron chi connectivity index (χ2n) is 7.53. The van der Waals surface area contributed by atoms with Gasteiger partial charge in [-0.3, -0.25) is 14.4 Å². The van der Waals surface area contributed by atoms with Gasteiger partial charge in [-0.25, -0.2) is 0 Å². The van der Waals surface area contributed by atoms with Crippen molar-refractivity contribution in [2.24, 2.45) is 0 Å². The van der Waals surface area contributed by atoms with Crippen LogP contribution in [0.1, 0.15) is 11.3 Å². The number of aliphatic hydroxyl groups excluding tert-OH is 1. The van der Waals surface area contributed by atoms with Gasteiger partial charge in [0.15, 0.2) is 0 Å². The number of ether oxygens (including phenoxy) is 1. The van der Waals surface area contributed by atoms with Crippen LogP contribution in [-0.4, -0.2) is 66.2 Å². The number of benzene rings is 1. The maximum Gasteiger partial charge on any atom is 0.253 e. The number of rotatable bonds is 5. The molecule has 168 valence electrons. The Hall–Kier alpha value is -2.53. The van der Waals surface area contributed by atoms with Crippen molar-refractivity contribution in [1.82, 2.24) is 4.90 Å². The fraction of sp³-hybridized carbons (Fsp3) is 0.318. The van der Waals surface area contributed by atoms with Crippen molar-refractivity contribution in [3.05, 3.63) is 51.1 Å². The summed E-state index contributed by atoms with van der Waals surface area (Å²) >= 11 is 4.86. The molecule has 2 N–H and O–H groups in total. The molecule has 1 aromatic heterocycles. The molecule has 1 aromatic carbocycles. The van der Waals surface area contributed by atoms with E-state index in [-0.39, 0.29) is 37.3 Å². The number of nitrogens with zero attached hydrogens (tertiary/aromatic N) is 2. The van der Waals surface area contributed by atoms with Crippen LogP contribution < -0.4 is 10.2 Å². The Morgan fingerprint density at radius 1 is 1.28 bits per heavy atom. The summed E-state index contributed by atoms with van der Waals surface area (Å²) < 4.78 is 6.08. The molecule has 0 saturated carbocycles. The third-order valence-corrected chi connectivity index (χ3v) is 6.93. The minimum absolute atomic E-state index is 0.0601. The Morgan fingerprint density at radius 3 is 2.75 bits per heavy atom. The normalized spacial score (nSPS) is 21.4. The smallest absolute Gasteiger partial charge is 0.253 e. The second-order valence-corrected chi connectivity index (χ2v) is 9.39. The minimum atomic E-state index is -0.766. The molecule has 8 nitrogen and oxygen atoms in total. The van der Waals surface area contributed by atoms with E-state index in [1.807, 2.05) is 11.4 Å². The average molecular weight is 520 g/mol. The molecule has 2 fully saturated rings.